The molecule has 0 spiro atoms. The van der Waals surface area contributed by atoms with Crippen molar-refractivity contribution in [2.24, 2.45) is 5.92 Å². The lowest BCUT2D eigenvalue weighted by Gasteiger charge is -2.08. The van der Waals surface area contributed by atoms with Crippen LogP contribution in [0.15, 0.2) is 42.6 Å². The molecule has 25 heavy (non-hydrogen) atoms. The third-order valence-corrected chi connectivity index (χ3v) is 4.16. The van der Waals surface area contributed by atoms with Crippen molar-refractivity contribution in [3.63, 3.8) is 0 Å². The molecule has 0 bridgehead atoms. The Bertz CT molecular complexity index is 872. The van der Waals surface area contributed by atoms with Crippen LogP contribution in [-0.2, 0) is 4.74 Å². The number of aromatic nitrogens is 3. The second-order valence-corrected chi connectivity index (χ2v) is 6.00. The molecule has 1 unspecified atom stereocenters. The number of benzene rings is 1. The third kappa shape index (κ3) is 3.46. The smallest absolute Gasteiger partial charge is 0.274 e. The lowest BCUT2D eigenvalue weighted by atomic mass is 10.1. The molecule has 1 fully saturated rings. The number of aromatic amines is 1. The number of carbonyl (C=O) groups excluding carboxylic acids is 1. The molecule has 7 nitrogen and oxygen atoms in total. The first-order chi connectivity index (χ1) is 12.3. The summed E-state index contributed by atoms with van der Waals surface area (Å²) < 4.78 is 11.2. The van der Waals surface area contributed by atoms with Crippen LogP contribution in [0, 0.1) is 5.92 Å². The summed E-state index contributed by atoms with van der Waals surface area (Å²) in [5, 5.41) is 10.9. The average Bonchev–Trinajstić information content (AvgIpc) is 3.30. The zero-order valence-corrected chi connectivity index (χ0v) is 13.6. The minimum atomic E-state index is -0.253. The number of nitrogens with zero attached hydrogens (tertiary/aromatic N) is 2. The van der Waals surface area contributed by atoms with E-state index in [0.29, 0.717) is 29.8 Å². The zero-order valence-electron chi connectivity index (χ0n) is 13.6. The number of carbonyl (C=O) groups is 1. The maximum absolute atomic E-state index is 12.2. The molecule has 1 aliphatic rings. The largest absolute Gasteiger partial charge is 0.476 e. The molecule has 0 aliphatic carbocycles. The SMILES string of the molecule is O=C(Nc1ccc2c(OCC3CCOC3)n[nH]c2c1)c1ccccn1. The van der Waals surface area contributed by atoms with E-state index < -0.39 is 0 Å². The van der Waals surface area contributed by atoms with Gasteiger partial charge in [0, 0.05) is 24.4 Å². The Kier molecular flexibility index (Phi) is 4.30. The summed E-state index contributed by atoms with van der Waals surface area (Å²) in [4.78, 5) is 16.2. The van der Waals surface area contributed by atoms with E-state index in [9.17, 15) is 4.79 Å². The van der Waals surface area contributed by atoms with Gasteiger partial charge in [0.2, 0.25) is 5.88 Å². The summed E-state index contributed by atoms with van der Waals surface area (Å²) in [5.74, 6) is 0.741. The Morgan fingerprint density at radius 2 is 2.32 bits per heavy atom. The van der Waals surface area contributed by atoms with E-state index >= 15 is 0 Å². The van der Waals surface area contributed by atoms with Crippen LogP contribution < -0.4 is 10.1 Å². The fourth-order valence-corrected chi connectivity index (χ4v) is 2.79. The Balaban J connectivity index is 1.46. The van der Waals surface area contributed by atoms with Gasteiger partial charge < -0.3 is 14.8 Å². The Labute approximate surface area is 144 Å². The molecule has 3 aromatic rings. The van der Waals surface area contributed by atoms with Crippen LogP contribution in [-0.4, -0.2) is 40.9 Å². The molecule has 1 aromatic carbocycles. The predicted molar refractivity (Wildman–Crippen MR) is 92.7 cm³/mol. The normalized spacial score (nSPS) is 16.9. The molecule has 1 amide bonds. The van der Waals surface area contributed by atoms with Crippen LogP contribution in [0.5, 0.6) is 5.88 Å². The molecular weight excluding hydrogens is 320 g/mol. The second kappa shape index (κ2) is 6.90. The van der Waals surface area contributed by atoms with Crippen molar-refractivity contribution in [1.29, 1.82) is 0 Å². The van der Waals surface area contributed by atoms with Gasteiger partial charge in [0.15, 0.2) is 0 Å². The van der Waals surface area contributed by atoms with Gasteiger partial charge in [-0.15, -0.1) is 5.10 Å². The van der Waals surface area contributed by atoms with Crippen molar-refractivity contribution < 1.29 is 14.3 Å². The highest BCUT2D eigenvalue weighted by Gasteiger charge is 2.18. The third-order valence-electron chi connectivity index (χ3n) is 4.16. The lowest BCUT2D eigenvalue weighted by molar-refractivity contribution is 0.102. The van der Waals surface area contributed by atoms with Crippen LogP contribution in [0.3, 0.4) is 0 Å². The molecule has 2 N–H and O–H groups in total. The maximum Gasteiger partial charge on any atom is 0.274 e. The number of rotatable bonds is 5. The zero-order chi connectivity index (χ0) is 17.1. The molecule has 128 valence electrons. The molecule has 0 saturated carbocycles. The summed E-state index contributed by atoms with van der Waals surface area (Å²) in [6, 6.07) is 10.8. The fraction of sp³-hybridized carbons (Fsp3) is 0.278. The molecule has 1 saturated heterocycles. The summed E-state index contributed by atoms with van der Waals surface area (Å²) in [6.07, 6.45) is 2.61. The van der Waals surface area contributed by atoms with Gasteiger partial charge in [0.05, 0.1) is 24.1 Å². The first-order valence-electron chi connectivity index (χ1n) is 8.20. The van der Waals surface area contributed by atoms with Gasteiger partial charge in [0.25, 0.3) is 5.91 Å². The van der Waals surface area contributed by atoms with Crippen molar-refractivity contribution in [2.45, 2.75) is 6.42 Å². The van der Waals surface area contributed by atoms with Crippen LogP contribution >= 0.6 is 0 Å². The standard InChI is InChI=1S/C18H18N4O3/c23-17(15-3-1-2-7-19-15)20-13-4-5-14-16(9-13)21-22-18(14)25-11-12-6-8-24-10-12/h1-5,7,9,12H,6,8,10-11H2,(H,20,23)(H,21,22). The predicted octanol–water partition coefficient (Wildman–Crippen LogP) is 2.63. The van der Waals surface area contributed by atoms with Crippen LogP contribution in [0.25, 0.3) is 10.9 Å². The van der Waals surface area contributed by atoms with E-state index in [1.165, 1.54) is 0 Å². The summed E-state index contributed by atoms with van der Waals surface area (Å²) in [6.45, 7) is 2.14. The van der Waals surface area contributed by atoms with E-state index in [4.69, 9.17) is 9.47 Å². The average molecular weight is 338 g/mol. The van der Waals surface area contributed by atoms with Gasteiger partial charge in [-0.3, -0.25) is 14.9 Å². The Morgan fingerprint density at radius 1 is 1.36 bits per heavy atom. The Morgan fingerprint density at radius 3 is 3.12 bits per heavy atom. The second-order valence-electron chi connectivity index (χ2n) is 6.00. The Hall–Kier alpha value is -2.93. The molecule has 1 aliphatic heterocycles. The molecule has 7 heteroatoms. The van der Waals surface area contributed by atoms with Gasteiger partial charge in [0.1, 0.15) is 5.69 Å². The highest BCUT2D eigenvalue weighted by Crippen LogP contribution is 2.26. The van der Waals surface area contributed by atoms with Crippen molar-refractivity contribution in [3.05, 3.63) is 48.3 Å². The van der Waals surface area contributed by atoms with E-state index in [-0.39, 0.29) is 5.91 Å². The van der Waals surface area contributed by atoms with E-state index in [1.54, 1.807) is 24.4 Å². The van der Waals surface area contributed by atoms with Gasteiger partial charge in [-0.1, -0.05) is 6.07 Å². The highest BCUT2D eigenvalue weighted by molar-refractivity contribution is 6.03. The first kappa shape index (κ1) is 15.6. The minimum absolute atomic E-state index is 0.253. The van der Waals surface area contributed by atoms with Crippen molar-refractivity contribution in [3.8, 4) is 5.88 Å². The summed E-state index contributed by atoms with van der Waals surface area (Å²) >= 11 is 0. The van der Waals surface area contributed by atoms with Crippen LogP contribution in [0.4, 0.5) is 5.69 Å². The van der Waals surface area contributed by atoms with Gasteiger partial charge in [-0.05, 0) is 36.8 Å². The summed E-state index contributed by atoms with van der Waals surface area (Å²) in [7, 11) is 0. The van der Waals surface area contributed by atoms with Gasteiger partial charge in [-0.25, -0.2) is 0 Å². The highest BCUT2D eigenvalue weighted by atomic mass is 16.5. The van der Waals surface area contributed by atoms with Gasteiger partial charge in [-0.2, -0.15) is 0 Å². The minimum Gasteiger partial charge on any atom is -0.476 e. The van der Waals surface area contributed by atoms with Crippen molar-refractivity contribution in [2.75, 3.05) is 25.1 Å². The molecule has 1 atom stereocenters. The molecule has 0 radical (unpaired) electrons. The fourth-order valence-electron chi connectivity index (χ4n) is 2.79. The number of pyridine rings is 1. The molecule has 4 rings (SSSR count). The number of H-pyrrole nitrogens is 1. The number of fused-ring (bicyclic) bond motifs is 1. The lowest BCUT2D eigenvalue weighted by Crippen LogP contribution is -2.13. The van der Waals surface area contributed by atoms with E-state index in [2.05, 4.69) is 20.5 Å². The van der Waals surface area contributed by atoms with E-state index in [0.717, 1.165) is 30.5 Å². The number of hydrogen-bond acceptors (Lipinski definition) is 5. The number of nitrogens with one attached hydrogen (secondary N) is 2. The van der Waals surface area contributed by atoms with Crippen molar-refractivity contribution >= 4 is 22.5 Å². The number of anilines is 1. The van der Waals surface area contributed by atoms with Gasteiger partial charge >= 0.3 is 0 Å². The quantitative estimate of drug-likeness (QED) is 0.746. The maximum atomic E-state index is 12.2. The topological polar surface area (TPSA) is 89.1 Å². The first-order valence-corrected chi connectivity index (χ1v) is 8.20. The summed E-state index contributed by atoms with van der Waals surface area (Å²) in [5.41, 5.74) is 1.84. The van der Waals surface area contributed by atoms with Crippen LogP contribution in [0.1, 0.15) is 16.9 Å². The number of ether oxygens (including phenoxy) is 2. The molecular formula is C18H18N4O3. The monoisotopic (exact) mass is 338 g/mol. The van der Waals surface area contributed by atoms with E-state index in [1.807, 2.05) is 18.2 Å². The number of hydrogen-bond donors (Lipinski definition) is 2. The number of amides is 1. The molecule has 2 aromatic heterocycles. The molecule has 3 heterocycles. The van der Waals surface area contributed by atoms with Crippen LogP contribution in [0.2, 0.25) is 0 Å². The van der Waals surface area contributed by atoms with Crippen molar-refractivity contribution in [1.82, 2.24) is 15.2 Å².